The van der Waals surface area contributed by atoms with Crippen LogP contribution in [0.1, 0.15) is 77.8 Å². The molecule has 1 aliphatic carbocycles. The SMILES string of the molecule is CCCCN(Cc1cccn1C)C(=O)CN(C(=O)NC1CCCCC1)[C@@H](C)CC. The summed E-state index contributed by atoms with van der Waals surface area (Å²) in [6.07, 6.45) is 10.5. The normalized spacial score (nSPS) is 15.7. The maximum Gasteiger partial charge on any atom is 0.318 e. The van der Waals surface area contributed by atoms with Gasteiger partial charge in [-0.15, -0.1) is 0 Å². The number of nitrogens with zero attached hydrogens (tertiary/aromatic N) is 3. The predicted molar refractivity (Wildman–Crippen MR) is 118 cm³/mol. The van der Waals surface area contributed by atoms with Crippen LogP contribution >= 0.6 is 0 Å². The molecule has 1 aliphatic rings. The van der Waals surface area contributed by atoms with E-state index in [1.807, 2.05) is 31.1 Å². The first-order chi connectivity index (χ1) is 14.0. The van der Waals surface area contributed by atoms with Crippen molar-refractivity contribution >= 4 is 11.9 Å². The van der Waals surface area contributed by atoms with E-state index < -0.39 is 0 Å². The molecule has 0 spiro atoms. The molecule has 0 radical (unpaired) electrons. The summed E-state index contributed by atoms with van der Waals surface area (Å²) in [5, 5.41) is 3.19. The Balaban J connectivity index is 2.05. The Labute approximate surface area is 176 Å². The van der Waals surface area contributed by atoms with Crippen LogP contribution in [0.15, 0.2) is 18.3 Å². The van der Waals surface area contributed by atoms with E-state index in [-0.39, 0.29) is 30.6 Å². The van der Waals surface area contributed by atoms with Gasteiger partial charge in [-0.05, 0) is 44.7 Å². The molecule has 1 fully saturated rings. The van der Waals surface area contributed by atoms with Crippen molar-refractivity contribution in [3.8, 4) is 0 Å². The lowest BCUT2D eigenvalue weighted by Crippen LogP contribution is -2.52. The van der Waals surface area contributed by atoms with Crippen LogP contribution in [0.2, 0.25) is 0 Å². The van der Waals surface area contributed by atoms with Crippen LogP contribution in [0.4, 0.5) is 4.79 Å². The first kappa shape index (κ1) is 23.3. The van der Waals surface area contributed by atoms with Gasteiger partial charge in [0.2, 0.25) is 5.91 Å². The van der Waals surface area contributed by atoms with Crippen LogP contribution < -0.4 is 5.32 Å². The molecule has 2 rings (SSSR count). The van der Waals surface area contributed by atoms with Gasteiger partial charge in [-0.25, -0.2) is 4.79 Å². The number of carbonyl (C=O) groups is 2. The number of unbranched alkanes of at least 4 members (excludes halogenated alkanes) is 1. The van der Waals surface area contributed by atoms with Crippen molar-refractivity contribution in [3.63, 3.8) is 0 Å². The molecule has 1 aromatic rings. The topological polar surface area (TPSA) is 57.6 Å². The maximum absolute atomic E-state index is 13.2. The second-order valence-electron chi connectivity index (χ2n) is 8.45. The zero-order valence-corrected chi connectivity index (χ0v) is 18.8. The van der Waals surface area contributed by atoms with Gasteiger partial charge in [-0.1, -0.05) is 39.5 Å². The monoisotopic (exact) mass is 404 g/mol. The number of carbonyl (C=O) groups excluding carboxylic acids is 2. The van der Waals surface area contributed by atoms with Crippen molar-refractivity contribution in [2.45, 2.75) is 90.8 Å². The molecular weight excluding hydrogens is 364 g/mol. The Bertz CT molecular complexity index is 637. The molecule has 29 heavy (non-hydrogen) atoms. The van der Waals surface area contributed by atoms with Gasteiger partial charge in [0.05, 0.1) is 6.54 Å². The molecule has 6 nitrogen and oxygen atoms in total. The largest absolute Gasteiger partial charge is 0.353 e. The predicted octanol–water partition coefficient (Wildman–Crippen LogP) is 4.30. The van der Waals surface area contributed by atoms with Gasteiger partial charge in [-0.3, -0.25) is 4.79 Å². The van der Waals surface area contributed by atoms with Crippen molar-refractivity contribution in [1.82, 2.24) is 19.7 Å². The minimum absolute atomic E-state index is 0.0266. The molecule has 6 heteroatoms. The Kier molecular flexibility index (Phi) is 9.55. The average molecular weight is 405 g/mol. The van der Waals surface area contributed by atoms with Gasteiger partial charge in [-0.2, -0.15) is 0 Å². The lowest BCUT2D eigenvalue weighted by atomic mass is 9.96. The van der Waals surface area contributed by atoms with Crippen molar-refractivity contribution < 1.29 is 9.59 Å². The minimum Gasteiger partial charge on any atom is -0.353 e. The standard InChI is InChI=1S/C23H40N4O2/c1-5-7-16-26(17-21-14-11-15-25(21)4)22(28)18-27(19(3)6-2)23(29)24-20-12-9-8-10-13-20/h11,14-15,19-20H,5-10,12-13,16-18H2,1-4H3,(H,24,29)/t19-/m0/s1. The van der Waals surface area contributed by atoms with E-state index in [4.69, 9.17) is 0 Å². The van der Waals surface area contributed by atoms with E-state index in [9.17, 15) is 9.59 Å². The molecule has 0 bridgehead atoms. The van der Waals surface area contributed by atoms with Gasteiger partial charge in [0.25, 0.3) is 0 Å². The van der Waals surface area contributed by atoms with Crippen LogP contribution in [0.5, 0.6) is 0 Å². The van der Waals surface area contributed by atoms with E-state index in [2.05, 4.69) is 29.8 Å². The molecule has 164 valence electrons. The number of aromatic nitrogens is 1. The van der Waals surface area contributed by atoms with Gasteiger partial charge < -0.3 is 19.7 Å². The average Bonchev–Trinajstić information content (AvgIpc) is 3.13. The second kappa shape index (κ2) is 11.9. The Morgan fingerprint density at radius 1 is 1.24 bits per heavy atom. The van der Waals surface area contributed by atoms with Gasteiger partial charge in [0, 0.05) is 37.6 Å². The fourth-order valence-electron chi connectivity index (χ4n) is 3.90. The molecule has 0 aliphatic heterocycles. The highest BCUT2D eigenvalue weighted by Gasteiger charge is 2.27. The Hall–Kier alpha value is -1.98. The summed E-state index contributed by atoms with van der Waals surface area (Å²) >= 11 is 0. The molecule has 3 amide bonds. The number of hydrogen-bond donors (Lipinski definition) is 1. The smallest absolute Gasteiger partial charge is 0.318 e. The molecule has 0 unspecified atom stereocenters. The molecule has 1 heterocycles. The summed E-state index contributed by atoms with van der Waals surface area (Å²) in [6.45, 7) is 7.67. The van der Waals surface area contributed by atoms with Gasteiger partial charge in [0.1, 0.15) is 6.54 Å². The third kappa shape index (κ3) is 7.09. The minimum atomic E-state index is -0.0890. The molecule has 0 saturated heterocycles. The Morgan fingerprint density at radius 3 is 2.55 bits per heavy atom. The lowest BCUT2D eigenvalue weighted by molar-refractivity contribution is -0.133. The third-order valence-electron chi connectivity index (χ3n) is 6.16. The summed E-state index contributed by atoms with van der Waals surface area (Å²) in [7, 11) is 2.00. The zero-order valence-electron chi connectivity index (χ0n) is 18.8. The van der Waals surface area contributed by atoms with Crippen molar-refractivity contribution in [1.29, 1.82) is 0 Å². The van der Waals surface area contributed by atoms with E-state index in [1.54, 1.807) is 4.90 Å². The van der Waals surface area contributed by atoms with Crippen LogP contribution in [-0.2, 0) is 18.4 Å². The number of rotatable bonds is 10. The number of urea groups is 1. The quantitative estimate of drug-likeness (QED) is 0.632. The molecule has 1 saturated carbocycles. The maximum atomic E-state index is 13.2. The highest BCUT2D eigenvalue weighted by molar-refractivity contribution is 5.84. The van der Waals surface area contributed by atoms with Gasteiger partial charge >= 0.3 is 6.03 Å². The fourth-order valence-corrected chi connectivity index (χ4v) is 3.90. The zero-order chi connectivity index (χ0) is 21.2. The van der Waals surface area contributed by atoms with E-state index in [0.717, 1.165) is 44.3 Å². The first-order valence-electron chi connectivity index (χ1n) is 11.4. The Morgan fingerprint density at radius 2 is 1.97 bits per heavy atom. The summed E-state index contributed by atoms with van der Waals surface area (Å²) in [6, 6.07) is 4.24. The summed E-state index contributed by atoms with van der Waals surface area (Å²) in [4.78, 5) is 29.8. The van der Waals surface area contributed by atoms with Gasteiger partial charge in [0.15, 0.2) is 0 Å². The molecule has 1 aromatic heterocycles. The molecule has 1 atom stereocenters. The van der Waals surface area contributed by atoms with Crippen molar-refractivity contribution in [2.75, 3.05) is 13.1 Å². The highest BCUT2D eigenvalue weighted by Crippen LogP contribution is 2.18. The number of aryl methyl sites for hydroxylation is 1. The summed E-state index contributed by atoms with van der Waals surface area (Å²) < 4.78 is 2.05. The lowest BCUT2D eigenvalue weighted by Gasteiger charge is -2.33. The molecule has 1 N–H and O–H groups in total. The highest BCUT2D eigenvalue weighted by atomic mass is 16.2. The number of hydrogen-bond acceptors (Lipinski definition) is 2. The van der Waals surface area contributed by atoms with Crippen LogP contribution in [0.25, 0.3) is 0 Å². The van der Waals surface area contributed by atoms with Crippen LogP contribution in [-0.4, -0.2) is 51.5 Å². The second-order valence-corrected chi connectivity index (χ2v) is 8.45. The van der Waals surface area contributed by atoms with E-state index >= 15 is 0 Å². The summed E-state index contributed by atoms with van der Waals surface area (Å²) in [5.74, 6) is 0.0266. The van der Waals surface area contributed by atoms with E-state index in [1.165, 1.54) is 19.3 Å². The first-order valence-corrected chi connectivity index (χ1v) is 11.4. The van der Waals surface area contributed by atoms with E-state index in [0.29, 0.717) is 6.54 Å². The van der Waals surface area contributed by atoms with Crippen LogP contribution in [0, 0.1) is 0 Å². The summed E-state index contributed by atoms with van der Waals surface area (Å²) in [5.41, 5.74) is 1.11. The van der Waals surface area contributed by atoms with Crippen LogP contribution in [0.3, 0.4) is 0 Å². The molecular formula is C23H40N4O2. The van der Waals surface area contributed by atoms with Crippen molar-refractivity contribution in [2.24, 2.45) is 7.05 Å². The molecule has 0 aromatic carbocycles. The third-order valence-corrected chi connectivity index (χ3v) is 6.16. The number of amides is 3. The number of nitrogens with one attached hydrogen (secondary N) is 1. The van der Waals surface area contributed by atoms with Crippen molar-refractivity contribution in [3.05, 3.63) is 24.0 Å². The fraction of sp³-hybridized carbons (Fsp3) is 0.739.